The Balaban J connectivity index is 1.99. The van der Waals surface area contributed by atoms with Crippen LogP contribution in [0.1, 0.15) is 50.2 Å². The first-order chi connectivity index (χ1) is 8.31. The Hall–Kier alpha value is -0.820. The van der Waals surface area contributed by atoms with E-state index in [-0.39, 0.29) is 0 Å². The summed E-state index contributed by atoms with van der Waals surface area (Å²) in [4.78, 5) is 0. The monoisotopic (exact) mass is 231 g/mol. The van der Waals surface area contributed by atoms with E-state index in [0.29, 0.717) is 0 Å². The Morgan fingerprint density at radius 2 is 2.06 bits per heavy atom. The topological polar surface area (TPSA) is 12.0 Å². The Labute approximate surface area is 106 Å². The lowest BCUT2D eigenvalue weighted by atomic mass is 9.77. The highest BCUT2D eigenvalue weighted by Crippen LogP contribution is 2.38. The average Bonchev–Trinajstić information content (AvgIpc) is 2.27. The van der Waals surface area contributed by atoms with Gasteiger partial charge in [-0.2, -0.15) is 0 Å². The molecule has 0 saturated heterocycles. The first-order valence-corrected chi connectivity index (χ1v) is 7.09. The van der Waals surface area contributed by atoms with Crippen LogP contribution in [0.4, 0.5) is 0 Å². The fraction of sp³-hybridized carbons (Fsp3) is 0.625. The standard InChI is InChI=1S/C16H25N/c1-3-17-12-13(2)11-15-7-4-5-10-16(15)14-8-6-9-14/h4-5,7,10,13-14,17H,3,6,8-9,11-12H2,1-2H3. The van der Waals surface area contributed by atoms with Crippen molar-refractivity contribution in [3.05, 3.63) is 35.4 Å². The second-order valence-electron chi connectivity index (χ2n) is 5.44. The van der Waals surface area contributed by atoms with Crippen molar-refractivity contribution >= 4 is 0 Å². The van der Waals surface area contributed by atoms with Crippen LogP contribution < -0.4 is 5.32 Å². The highest BCUT2D eigenvalue weighted by molar-refractivity contribution is 5.32. The molecule has 1 unspecified atom stereocenters. The third-order valence-corrected chi connectivity index (χ3v) is 3.91. The molecule has 0 spiro atoms. The van der Waals surface area contributed by atoms with Crippen LogP contribution in [-0.2, 0) is 6.42 Å². The molecule has 1 saturated carbocycles. The van der Waals surface area contributed by atoms with Gasteiger partial charge in [0.15, 0.2) is 0 Å². The van der Waals surface area contributed by atoms with Gasteiger partial charge in [0.05, 0.1) is 0 Å². The van der Waals surface area contributed by atoms with Gasteiger partial charge >= 0.3 is 0 Å². The van der Waals surface area contributed by atoms with Gasteiger partial charge in [0.1, 0.15) is 0 Å². The maximum Gasteiger partial charge on any atom is -0.00201 e. The zero-order valence-electron chi connectivity index (χ0n) is 11.2. The lowest BCUT2D eigenvalue weighted by Crippen LogP contribution is -2.22. The predicted octanol–water partition coefficient (Wildman–Crippen LogP) is 3.74. The second kappa shape index (κ2) is 6.20. The van der Waals surface area contributed by atoms with Crippen LogP contribution in [0.3, 0.4) is 0 Å². The van der Waals surface area contributed by atoms with Crippen molar-refractivity contribution in [3.63, 3.8) is 0 Å². The summed E-state index contributed by atoms with van der Waals surface area (Å²) in [6.07, 6.45) is 5.45. The molecular weight excluding hydrogens is 206 g/mol. The van der Waals surface area contributed by atoms with Crippen molar-refractivity contribution in [1.29, 1.82) is 0 Å². The molecule has 0 aromatic heterocycles. The predicted molar refractivity (Wildman–Crippen MR) is 74.4 cm³/mol. The smallest absolute Gasteiger partial charge is 0.00201 e. The Kier molecular flexibility index (Phi) is 4.61. The quantitative estimate of drug-likeness (QED) is 0.786. The van der Waals surface area contributed by atoms with Crippen LogP contribution in [-0.4, -0.2) is 13.1 Å². The minimum atomic E-state index is 0.733. The number of benzene rings is 1. The molecule has 1 aliphatic rings. The lowest BCUT2D eigenvalue weighted by molar-refractivity contribution is 0.414. The van der Waals surface area contributed by atoms with E-state index in [9.17, 15) is 0 Å². The average molecular weight is 231 g/mol. The molecule has 0 amide bonds. The van der Waals surface area contributed by atoms with Crippen LogP contribution in [0.5, 0.6) is 0 Å². The molecule has 94 valence electrons. The van der Waals surface area contributed by atoms with Crippen LogP contribution >= 0.6 is 0 Å². The number of hydrogen-bond donors (Lipinski definition) is 1. The van der Waals surface area contributed by atoms with Crippen LogP contribution in [0.2, 0.25) is 0 Å². The molecule has 0 radical (unpaired) electrons. The number of hydrogen-bond acceptors (Lipinski definition) is 1. The maximum atomic E-state index is 3.44. The van der Waals surface area contributed by atoms with Crippen LogP contribution in [0.25, 0.3) is 0 Å². The van der Waals surface area contributed by atoms with Gasteiger partial charge in [0, 0.05) is 0 Å². The third kappa shape index (κ3) is 3.32. The van der Waals surface area contributed by atoms with Gasteiger partial charge in [0.2, 0.25) is 0 Å². The summed E-state index contributed by atoms with van der Waals surface area (Å²) in [6.45, 7) is 6.74. The fourth-order valence-electron chi connectivity index (χ4n) is 2.68. The van der Waals surface area contributed by atoms with Crippen LogP contribution in [0.15, 0.2) is 24.3 Å². The molecule has 1 aromatic rings. The van der Waals surface area contributed by atoms with Gasteiger partial charge in [-0.05, 0) is 55.3 Å². The zero-order valence-corrected chi connectivity index (χ0v) is 11.2. The third-order valence-electron chi connectivity index (χ3n) is 3.91. The van der Waals surface area contributed by atoms with E-state index in [1.807, 2.05) is 0 Å². The summed E-state index contributed by atoms with van der Waals surface area (Å²) in [5, 5.41) is 3.44. The van der Waals surface area contributed by atoms with E-state index >= 15 is 0 Å². The highest BCUT2D eigenvalue weighted by atomic mass is 14.8. The molecule has 0 bridgehead atoms. The van der Waals surface area contributed by atoms with Gasteiger partial charge < -0.3 is 5.32 Å². The summed E-state index contributed by atoms with van der Waals surface area (Å²) < 4.78 is 0. The van der Waals surface area contributed by atoms with Crippen molar-refractivity contribution < 1.29 is 0 Å². The summed E-state index contributed by atoms with van der Waals surface area (Å²) in [5.74, 6) is 1.59. The summed E-state index contributed by atoms with van der Waals surface area (Å²) in [7, 11) is 0. The van der Waals surface area contributed by atoms with E-state index in [1.165, 1.54) is 25.7 Å². The number of nitrogens with one attached hydrogen (secondary N) is 1. The minimum absolute atomic E-state index is 0.733. The van der Waals surface area contributed by atoms with Gasteiger partial charge in [-0.25, -0.2) is 0 Å². The van der Waals surface area contributed by atoms with E-state index in [0.717, 1.165) is 24.9 Å². The molecule has 1 atom stereocenters. The maximum absolute atomic E-state index is 3.44. The minimum Gasteiger partial charge on any atom is -0.317 e. The molecule has 17 heavy (non-hydrogen) atoms. The SMILES string of the molecule is CCNCC(C)Cc1ccccc1C1CCC1. The van der Waals surface area contributed by atoms with Crippen molar-refractivity contribution in [2.45, 2.75) is 45.4 Å². The normalized spacial score (nSPS) is 17.8. The molecule has 1 heteroatoms. The largest absolute Gasteiger partial charge is 0.317 e. The molecule has 1 fully saturated rings. The molecular formula is C16H25N. The first-order valence-electron chi connectivity index (χ1n) is 7.09. The van der Waals surface area contributed by atoms with Gasteiger partial charge in [-0.3, -0.25) is 0 Å². The summed E-state index contributed by atoms with van der Waals surface area (Å²) in [5.41, 5.74) is 3.21. The molecule has 0 heterocycles. The molecule has 1 aliphatic carbocycles. The van der Waals surface area contributed by atoms with E-state index in [2.05, 4.69) is 43.4 Å². The molecule has 2 rings (SSSR count). The Morgan fingerprint density at radius 1 is 1.29 bits per heavy atom. The van der Waals surface area contributed by atoms with Crippen LogP contribution in [0, 0.1) is 5.92 Å². The zero-order chi connectivity index (χ0) is 12.1. The van der Waals surface area contributed by atoms with Crippen molar-refractivity contribution in [3.8, 4) is 0 Å². The van der Waals surface area contributed by atoms with Gasteiger partial charge in [-0.1, -0.05) is 44.5 Å². The van der Waals surface area contributed by atoms with Crippen molar-refractivity contribution in [1.82, 2.24) is 5.32 Å². The van der Waals surface area contributed by atoms with Crippen molar-refractivity contribution in [2.24, 2.45) is 5.92 Å². The second-order valence-corrected chi connectivity index (χ2v) is 5.44. The highest BCUT2D eigenvalue weighted by Gasteiger charge is 2.22. The fourth-order valence-corrected chi connectivity index (χ4v) is 2.68. The van der Waals surface area contributed by atoms with Gasteiger partial charge in [-0.15, -0.1) is 0 Å². The lowest BCUT2D eigenvalue weighted by Gasteiger charge is -2.28. The summed E-state index contributed by atoms with van der Waals surface area (Å²) in [6, 6.07) is 9.07. The van der Waals surface area contributed by atoms with Gasteiger partial charge in [0.25, 0.3) is 0 Å². The Morgan fingerprint density at radius 3 is 2.71 bits per heavy atom. The van der Waals surface area contributed by atoms with E-state index in [1.54, 1.807) is 11.1 Å². The molecule has 1 nitrogen and oxygen atoms in total. The Bertz CT molecular complexity index is 341. The first kappa shape index (κ1) is 12.6. The molecule has 0 aliphatic heterocycles. The van der Waals surface area contributed by atoms with E-state index < -0.39 is 0 Å². The molecule has 1 aromatic carbocycles. The number of rotatable bonds is 6. The van der Waals surface area contributed by atoms with E-state index in [4.69, 9.17) is 0 Å². The summed E-state index contributed by atoms with van der Waals surface area (Å²) >= 11 is 0. The van der Waals surface area contributed by atoms with Crippen molar-refractivity contribution in [2.75, 3.05) is 13.1 Å². The molecule has 1 N–H and O–H groups in total.